The molecule has 0 unspecified atom stereocenters. The van der Waals surface area contributed by atoms with Crippen molar-refractivity contribution in [3.8, 4) is 11.5 Å². The van der Waals surface area contributed by atoms with E-state index in [1.807, 2.05) is 25.1 Å². The molecule has 4 saturated carbocycles. The average Bonchev–Trinajstić information content (AvgIpc) is 2.66. The van der Waals surface area contributed by atoms with Crippen molar-refractivity contribution >= 4 is 5.91 Å². The van der Waals surface area contributed by atoms with Crippen molar-refractivity contribution < 1.29 is 14.3 Å². The summed E-state index contributed by atoms with van der Waals surface area (Å²) in [5, 5.41) is 3.35. The van der Waals surface area contributed by atoms with E-state index >= 15 is 0 Å². The molecule has 0 spiro atoms. The molecule has 4 nitrogen and oxygen atoms in total. The number of hydrogen-bond donors (Lipinski definition) is 1. The highest BCUT2D eigenvalue weighted by Crippen LogP contribution is 2.61. The minimum atomic E-state index is 0.00578. The third kappa shape index (κ3) is 3.75. The van der Waals surface area contributed by atoms with Crippen LogP contribution in [0.2, 0.25) is 0 Å². The average molecular weight is 386 g/mol. The molecule has 1 amide bonds. The van der Waals surface area contributed by atoms with Crippen LogP contribution in [0.15, 0.2) is 18.2 Å². The summed E-state index contributed by atoms with van der Waals surface area (Å²) in [5.41, 5.74) is 0.973. The van der Waals surface area contributed by atoms with E-state index in [4.69, 9.17) is 9.47 Å². The second kappa shape index (κ2) is 7.96. The number of carbonyl (C=O) groups is 1. The van der Waals surface area contributed by atoms with Crippen molar-refractivity contribution in [1.29, 1.82) is 0 Å². The Morgan fingerprint density at radius 3 is 2.29 bits per heavy atom. The molecule has 28 heavy (non-hydrogen) atoms. The molecule has 4 aliphatic carbocycles. The van der Waals surface area contributed by atoms with Crippen LogP contribution in [0.3, 0.4) is 0 Å². The summed E-state index contributed by atoms with van der Waals surface area (Å²) in [6.45, 7) is 7.46. The molecule has 4 aliphatic rings. The van der Waals surface area contributed by atoms with Gasteiger partial charge >= 0.3 is 0 Å². The fourth-order valence-corrected chi connectivity index (χ4v) is 6.39. The predicted octanol–water partition coefficient (Wildman–Crippen LogP) is 5.21. The van der Waals surface area contributed by atoms with Crippen molar-refractivity contribution in [3.63, 3.8) is 0 Å². The topological polar surface area (TPSA) is 47.6 Å². The van der Waals surface area contributed by atoms with Crippen molar-refractivity contribution in [1.82, 2.24) is 5.32 Å². The largest absolute Gasteiger partial charge is 0.490 e. The van der Waals surface area contributed by atoms with Gasteiger partial charge < -0.3 is 14.8 Å². The molecule has 0 aliphatic heterocycles. The van der Waals surface area contributed by atoms with Gasteiger partial charge in [-0.15, -0.1) is 0 Å². The van der Waals surface area contributed by atoms with Crippen LogP contribution in [0.5, 0.6) is 11.5 Å². The van der Waals surface area contributed by atoms with Crippen LogP contribution in [0.1, 0.15) is 76.1 Å². The lowest BCUT2D eigenvalue weighted by molar-refractivity contribution is -0.0688. The highest BCUT2D eigenvalue weighted by molar-refractivity contribution is 5.95. The smallest absolute Gasteiger partial charge is 0.251 e. The van der Waals surface area contributed by atoms with E-state index < -0.39 is 0 Å². The molecule has 1 N–H and O–H groups in total. The standard InChI is InChI=1S/C24H35NO3/c1-4-8-28-21-7-6-20(12-22(21)27-5-2)23(26)25-16(3)24-13-17-9-18(14-24)11-19(10-17)15-24/h6-7,12,16-19H,4-5,8-11,13-15H2,1-3H3,(H,25,26)/t16-,17?,18?,19?,24?/m0/s1. The molecule has 4 bridgehead atoms. The summed E-state index contributed by atoms with van der Waals surface area (Å²) in [4.78, 5) is 13.0. The first kappa shape index (κ1) is 19.6. The molecule has 4 fully saturated rings. The van der Waals surface area contributed by atoms with Crippen molar-refractivity contribution in [2.75, 3.05) is 13.2 Å². The second-order valence-electron chi connectivity index (χ2n) is 9.42. The molecule has 0 saturated heterocycles. The van der Waals surface area contributed by atoms with Crippen LogP contribution >= 0.6 is 0 Å². The zero-order chi connectivity index (χ0) is 19.7. The third-order valence-corrected chi connectivity index (χ3v) is 7.32. The van der Waals surface area contributed by atoms with E-state index in [1.165, 1.54) is 38.5 Å². The Morgan fingerprint density at radius 1 is 1.07 bits per heavy atom. The van der Waals surface area contributed by atoms with E-state index in [0.29, 0.717) is 29.9 Å². The zero-order valence-electron chi connectivity index (χ0n) is 17.6. The van der Waals surface area contributed by atoms with E-state index in [-0.39, 0.29) is 11.9 Å². The number of carbonyl (C=O) groups excluding carboxylic acids is 1. The molecular formula is C24H35NO3. The lowest BCUT2D eigenvalue weighted by Crippen LogP contribution is -2.55. The lowest BCUT2D eigenvalue weighted by atomic mass is 9.48. The normalized spacial score (nSPS) is 31.5. The van der Waals surface area contributed by atoms with Gasteiger partial charge in [0.15, 0.2) is 11.5 Å². The van der Waals surface area contributed by atoms with Gasteiger partial charge in [-0.3, -0.25) is 4.79 Å². The number of hydrogen-bond acceptors (Lipinski definition) is 3. The highest BCUT2D eigenvalue weighted by atomic mass is 16.5. The molecule has 4 heteroatoms. The zero-order valence-corrected chi connectivity index (χ0v) is 17.6. The molecule has 0 aromatic heterocycles. The first-order valence-corrected chi connectivity index (χ1v) is 11.2. The minimum Gasteiger partial charge on any atom is -0.490 e. The molecular weight excluding hydrogens is 350 g/mol. The molecule has 1 atom stereocenters. The number of rotatable bonds is 8. The Balaban J connectivity index is 1.46. The maximum Gasteiger partial charge on any atom is 0.251 e. The molecule has 1 aromatic rings. The Kier molecular flexibility index (Phi) is 5.57. The van der Waals surface area contributed by atoms with Gasteiger partial charge in [0.2, 0.25) is 0 Å². The summed E-state index contributed by atoms with van der Waals surface area (Å²) >= 11 is 0. The minimum absolute atomic E-state index is 0.00578. The van der Waals surface area contributed by atoms with Gasteiger partial charge in [0.05, 0.1) is 13.2 Å². The number of ether oxygens (including phenoxy) is 2. The van der Waals surface area contributed by atoms with Crippen LogP contribution in [0.4, 0.5) is 0 Å². The fraction of sp³-hybridized carbons (Fsp3) is 0.708. The Hall–Kier alpha value is -1.71. The van der Waals surface area contributed by atoms with Gasteiger partial charge in [-0.2, -0.15) is 0 Å². The molecule has 5 rings (SSSR count). The van der Waals surface area contributed by atoms with Gasteiger partial charge in [-0.05, 0) is 100 Å². The van der Waals surface area contributed by atoms with E-state index in [1.54, 1.807) is 0 Å². The molecule has 154 valence electrons. The number of amides is 1. The third-order valence-electron chi connectivity index (χ3n) is 7.32. The van der Waals surface area contributed by atoms with Crippen LogP contribution < -0.4 is 14.8 Å². The Labute approximate surface area is 169 Å². The van der Waals surface area contributed by atoms with Crippen LogP contribution in [-0.4, -0.2) is 25.2 Å². The molecule has 0 radical (unpaired) electrons. The maximum atomic E-state index is 13.0. The summed E-state index contributed by atoms with van der Waals surface area (Å²) in [5.74, 6) is 4.06. The van der Waals surface area contributed by atoms with Crippen molar-refractivity contribution in [3.05, 3.63) is 23.8 Å². The Morgan fingerprint density at radius 2 is 1.71 bits per heavy atom. The predicted molar refractivity (Wildman–Crippen MR) is 111 cm³/mol. The van der Waals surface area contributed by atoms with Crippen LogP contribution in [0.25, 0.3) is 0 Å². The van der Waals surface area contributed by atoms with Crippen molar-refractivity contribution in [2.24, 2.45) is 23.2 Å². The molecule has 0 heterocycles. The van der Waals surface area contributed by atoms with Gasteiger partial charge in [0.1, 0.15) is 0 Å². The summed E-state index contributed by atoms with van der Waals surface area (Å²) in [6, 6.07) is 5.77. The van der Waals surface area contributed by atoms with E-state index in [0.717, 1.165) is 29.9 Å². The number of benzene rings is 1. The van der Waals surface area contributed by atoms with Gasteiger partial charge in [0, 0.05) is 11.6 Å². The van der Waals surface area contributed by atoms with Crippen LogP contribution in [-0.2, 0) is 0 Å². The fourth-order valence-electron chi connectivity index (χ4n) is 6.39. The SMILES string of the molecule is CCCOc1ccc(C(=O)N[C@@H](C)C23CC4CC(CC(C4)C2)C3)cc1OCC. The summed E-state index contributed by atoms with van der Waals surface area (Å²) < 4.78 is 11.5. The first-order chi connectivity index (χ1) is 13.5. The second-order valence-corrected chi connectivity index (χ2v) is 9.42. The van der Waals surface area contributed by atoms with Gasteiger partial charge in [0.25, 0.3) is 5.91 Å². The highest BCUT2D eigenvalue weighted by Gasteiger charge is 2.53. The number of nitrogens with one attached hydrogen (secondary N) is 1. The Bertz CT molecular complexity index is 679. The van der Waals surface area contributed by atoms with Crippen molar-refractivity contribution in [2.45, 2.75) is 71.8 Å². The summed E-state index contributed by atoms with van der Waals surface area (Å²) in [6.07, 6.45) is 9.12. The van der Waals surface area contributed by atoms with Gasteiger partial charge in [-0.1, -0.05) is 6.92 Å². The van der Waals surface area contributed by atoms with Gasteiger partial charge in [-0.25, -0.2) is 0 Å². The van der Waals surface area contributed by atoms with E-state index in [9.17, 15) is 4.79 Å². The quantitative estimate of drug-likeness (QED) is 0.668. The first-order valence-electron chi connectivity index (χ1n) is 11.2. The molecule has 1 aromatic carbocycles. The lowest BCUT2D eigenvalue weighted by Gasteiger charge is -2.59. The maximum absolute atomic E-state index is 13.0. The van der Waals surface area contributed by atoms with Crippen LogP contribution in [0, 0.1) is 23.2 Å². The summed E-state index contributed by atoms with van der Waals surface area (Å²) in [7, 11) is 0. The van der Waals surface area contributed by atoms with E-state index in [2.05, 4.69) is 19.2 Å². The monoisotopic (exact) mass is 385 g/mol.